The standard InChI is InChI=1S/C26H30N8O2/c1-18-23(24(36)32(3)34(18)22-10-6-4-7-11-22)28-26(16-8-5-9-17-26)25-29-30-31-33(25)21-14-12-20(13-15-21)27-19(2)35/h4,6-7,10-15,28H,5,8-9,16-17H2,1-3H3,(H,27,35). The minimum absolute atomic E-state index is 0.0972. The number of para-hydroxylation sites is 1. The van der Waals surface area contributed by atoms with E-state index >= 15 is 0 Å². The Hall–Kier alpha value is -4.21. The summed E-state index contributed by atoms with van der Waals surface area (Å²) in [6, 6.07) is 17.2. The second kappa shape index (κ2) is 9.44. The molecule has 36 heavy (non-hydrogen) atoms. The monoisotopic (exact) mass is 486 g/mol. The number of rotatable bonds is 6. The van der Waals surface area contributed by atoms with Crippen LogP contribution < -0.4 is 16.2 Å². The van der Waals surface area contributed by atoms with Gasteiger partial charge in [0.1, 0.15) is 5.69 Å². The average Bonchev–Trinajstić information content (AvgIpc) is 3.46. The second-order valence-electron chi connectivity index (χ2n) is 9.35. The number of carbonyl (C=O) groups is 1. The highest BCUT2D eigenvalue weighted by Crippen LogP contribution is 2.40. The van der Waals surface area contributed by atoms with Crippen molar-refractivity contribution in [3.8, 4) is 11.4 Å². The third kappa shape index (κ3) is 4.19. The van der Waals surface area contributed by atoms with Gasteiger partial charge in [0.25, 0.3) is 5.56 Å². The summed E-state index contributed by atoms with van der Waals surface area (Å²) >= 11 is 0. The number of tetrazole rings is 1. The van der Waals surface area contributed by atoms with Gasteiger partial charge in [0.05, 0.1) is 22.6 Å². The number of hydrogen-bond acceptors (Lipinski definition) is 6. The summed E-state index contributed by atoms with van der Waals surface area (Å²) in [6.07, 6.45) is 4.73. The molecule has 1 saturated carbocycles. The fraction of sp³-hybridized carbons (Fsp3) is 0.346. The maximum absolute atomic E-state index is 13.4. The van der Waals surface area contributed by atoms with Crippen molar-refractivity contribution < 1.29 is 4.79 Å². The summed E-state index contributed by atoms with van der Waals surface area (Å²) in [4.78, 5) is 24.8. The lowest BCUT2D eigenvalue weighted by atomic mass is 9.80. The van der Waals surface area contributed by atoms with Gasteiger partial charge in [0, 0.05) is 19.7 Å². The number of anilines is 2. The summed E-state index contributed by atoms with van der Waals surface area (Å²) in [5.74, 6) is 0.541. The number of carbonyl (C=O) groups excluding carboxylic acids is 1. The van der Waals surface area contributed by atoms with Crippen molar-refractivity contribution in [1.82, 2.24) is 29.6 Å². The van der Waals surface area contributed by atoms with Crippen molar-refractivity contribution in [3.63, 3.8) is 0 Å². The van der Waals surface area contributed by atoms with Crippen LogP contribution in [0, 0.1) is 6.92 Å². The number of aromatic nitrogens is 6. The van der Waals surface area contributed by atoms with Crippen molar-refractivity contribution in [3.05, 3.63) is 76.5 Å². The Balaban J connectivity index is 1.56. The first-order chi connectivity index (χ1) is 17.4. The van der Waals surface area contributed by atoms with E-state index in [2.05, 4.69) is 26.2 Å². The zero-order chi connectivity index (χ0) is 25.3. The smallest absolute Gasteiger partial charge is 0.290 e. The van der Waals surface area contributed by atoms with Gasteiger partial charge in [-0.05, 0) is 66.6 Å². The molecular weight excluding hydrogens is 456 g/mol. The number of nitrogens with zero attached hydrogens (tertiary/aromatic N) is 6. The first-order valence-corrected chi connectivity index (χ1v) is 12.2. The van der Waals surface area contributed by atoms with E-state index in [0.717, 1.165) is 49.2 Å². The highest BCUT2D eigenvalue weighted by molar-refractivity contribution is 5.88. The topological polar surface area (TPSA) is 112 Å². The quantitative estimate of drug-likeness (QED) is 0.430. The Labute approximate surface area is 208 Å². The van der Waals surface area contributed by atoms with E-state index in [0.29, 0.717) is 17.2 Å². The molecule has 1 aliphatic carbocycles. The van der Waals surface area contributed by atoms with Crippen LogP contribution >= 0.6 is 0 Å². The highest BCUT2D eigenvalue weighted by atomic mass is 16.1. The van der Waals surface area contributed by atoms with Crippen LogP contribution in [0.3, 0.4) is 0 Å². The summed E-state index contributed by atoms with van der Waals surface area (Å²) in [6.45, 7) is 3.43. The van der Waals surface area contributed by atoms with E-state index < -0.39 is 5.54 Å². The Morgan fingerprint density at radius 2 is 1.67 bits per heavy atom. The largest absolute Gasteiger partial charge is 0.366 e. The molecule has 0 aliphatic heterocycles. The molecule has 5 rings (SSSR count). The van der Waals surface area contributed by atoms with Gasteiger partial charge in [-0.3, -0.25) is 14.3 Å². The number of hydrogen-bond donors (Lipinski definition) is 2. The molecule has 0 spiro atoms. The maximum Gasteiger partial charge on any atom is 0.290 e. The summed E-state index contributed by atoms with van der Waals surface area (Å²) < 4.78 is 5.28. The highest BCUT2D eigenvalue weighted by Gasteiger charge is 2.41. The van der Waals surface area contributed by atoms with Crippen LogP contribution in [0.15, 0.2) is 59.4 Å². The number of amides is 1. The lowest BCUT2D eigenvalue weighted by molar-refractivity contribution is -0.114. The summed E-state index contributed by atoms with van der Waals surface area (Å²) in [5, 5.41) is 19.2. The van der Waals surface area contributed by atoms with E-state index in [1.807, 2.05) is 66.2 Å². The fourth-order valence-corrected chi connectivity index (χ4v) is 5.17. The molecule has 10 heteroatoms. The lowest BCUT2D eigenvalue weighted by Crippen LogP contribution is -2.41. The van der Waals surface area contributed by atoms with Gasteiger partial charge in [0.2, 0.25) is 5.91 Å². The van der Waals surface area contributed by atoms with Crippen LogP contribution in [-0.4, -0.2) is 35.5 Å². The van der Waals surface area contributed by atoms with Crippen LogP contribution in [0.25, 0.3) is 11.4 Å². The van der Waals surface area contributed by atoms with Crippen LogP contribution in [0.2, 0.25) is 0 Å². The molecule has 2 aromatic carbocycles. The summed E-state index contributed by atoms with van der Waals surface area (Å²) in [5.41, 5.74) is 3.09. The molecule has 1 aliphatic rings. The molecule has 0 radical (unpaired) electrons. The van der Waals surface area contributed by atoms with Crippen LogP contribution in [-0.2, 0) is 17.4 Å². The van der Waals surface area contributed by atoms with Gasteiger partial charge < -0.3 is 10.6 Å². The van der Waals surface area contributed by atoms with Crippen molar-refractivity contribution in [1.29, 1.82) is 0 Å². The van der Waals surface area contributed by atoms with Crippen LogP contribution in [0.5, 0.6) is 0 Å². The minimum atomic E-state index is -0.599. The molecule has 1 amide bonds. The third-order valence-corrected chi connectivity index (χ3v) is 6.89. The van der Waals surface area contributed by atoms with Crippen LogP contribution in [0.1, 0.15) is 50.5 Å². The lowest BCUT2D eigenvalue weighted by Gasteiger charge is -2.37. The SMILES string of the molecule is CC(=O)Nc1ccc(-n2nnnc2C2(Nc3c(C)n(-c4ccccc4)n(C)c3=O)CCCCC2)cc1. The van der Waals surface area contributed by atoms with Gasteiger partial charge in [-0.25, -0.2) is 4.68 Å². The molecule has 0 atom stereocenters. The number of nitrogens with one attached hydrogen (secondary N) is 2. The number of benzene rings is 2. The Morgan fingerprint density at radius 1 is 0.972 bits per heavy atom. The van der Waals surface area contributed by atoms with Crippen molar-refractivity contribution in [2.24, 2.45) is 7.05 Å². The molecule has 4 aromatic rings. The van der Waals surface area contributed by atoms with E-state index in [-0.39, 0.29) is 11.5 Å². The average molecular weight is 487 g/mol. The third-order valence-electron chi connectivity index (χ3n) is 6.89. The molecular formula is C26H30N8O2. The molecule has 2 heterocycles. The van der Waals surface area contributed by atoms with Gasteiger partial charge in [-0.2, -0.15) is 4.68 Å². The molecule has 10 nitrogen and oxygen atoms in total. The molecule has 1 fully saturated rings. The molecule has 0 bridgehead atoms. The normalized spacial score (nSPS) is 15.0. The predicted molar refractivity (Wildman–Crippen MR) is 138 cm³/mol. The Morgan fingerprint density at radius 3 is 2.33 bits per heavy atom. The zero-order valence-electron chi connectivity index (χ0n) is 20.7. The van der Waals surface area contributed by atoms with E-state index in [1.54, 1.807) is 16.4 Å². The summed E-state index contributed by atoms with van der Waals surface area (Å²) in [7, 11) is 1.78. The fourth-order valence-electron chi connectivity index (χ4n) is 5.17. The van der Waals surface area contributed by atoms with Gasteiger partial charge in [-0.15, -0.1) is 5.10 Å². The minimum Gasteiger partial charge on any atom is -0.366 e. The molecule has 2 aromatic heterocycles. The van der Waals surface area contributed by atoms with Gasteiger partial charge >= 0.3 is 0 Å². The Bertz CT molecular complexity index is 1430. The van der Waals surface area contributed by atoms with Gasteiger partial charge in [-0.1, -0.05) is 37.5 Å². The maximum atomic E-state index is 13.4. The van der Waals surface area contributed by atoms with Crippen molar-refractivity contribution in [2.45, 2.75) is 51.5 Å². The van der Waals surface area contributed by atoms with E-state index in [1.165, 1.54) is 6.92 Å². The van der Waals surface area contributed by atoms with Crippen molar-refractivity contribution >= 4 is 17.3 Å². The zero-order valence-corrected chi connectivity index (χ0v) is 20.7. The van der Waals surface area contributed by atoms with Gasteiger partial charge in [0.15, 0.2) is 5.82 Å². The van der Waals surface area contributed by atoms with Crippen molar-refractivity contribution in [2.75, 3.05) is 10.6 Å². The molecule has 0 unspecified atom stereocenters. The molecule has 186 valence electrons. The van der Waals surface area contributed by atoms with E-state index in [9.17, 15) is 9.59 Å². The second-order valence-corrected chi connectivity index (χ2v) is 9.35. The Kier molecular flexibility index (Phi) is 6.17. The predicted octanol–water partition coefficient (Wildman–Crippen LogP) is 3.69. The first-order valence-electron chi connectivity index (χ1n) is 12.2. The molecule has 0 saturated heterocycles. The first kappa shape index (κ1) is 23.5. The molecule has 2 N–H and O–H groups in total. The van der Waals surface area contributed by atoms with Crippen LogP contribution in [0.4, 0.5) is 11.4 Å². The van der Waals surface area contributed by atoms with E-state index in [4.69, 9.17) is 0 Å².